The first kappa shape index (κ1) is 15.8. The Balaban J connectivity index is 1.93. The smallest absolute Gasteiger partial charge is 0.399 e. The molecule has 0 unspecified atom stereocenters. The molecule has 0 saturated heterocycles. The first-order valence-electron chi connectivity index (χ1n) is 7.05. The number of nitrogens with two attached hydrogens (primary N) is 1. The lowest BCUT2D eigenvalue weighted by atomic mass is 10.1. The van der Waals surface area contributed by atoms with E-state index in [1.807, 2.05) is 12.1 Å². The number of benzene rings is 1. The fourth-order valence-electron chi connectivity index (χ4n) is 2.18. The number of nitrogens with zero attached hydrogens (tertiary/aromatic N) is 2. The lowest BCUT2D eigenvalue weighted by Gasteiger charge is -2.13. The molecule has 24 heavy (non-hydrogen) atoms. The summed E-state index contributed by atoms with van der Waals surface area (Å²) in [5.74, 6) is 0.296. The summed E-state index contributed by atoms with van der Waals surface area (Å²) < 4.78 is 37.8. The summed E-state index contributed by atoms with van der Waals surface area (Å²) in [7, 11) is 0. The summed E-state index contributed by atoms with van der Waals surface area (Å²) in [4.78, 5) is 8.09. The number of pyridine rings is 2. The molecule has 0 radical (unpaired) electrons. The summed E-state index contributed by atoms with van der Waals surface area (Å²) in [5, 5.41) is 3.00. The van der Waals surface area contributed by atoms with Gasteiger partial charge in [0, 0.05) is 29.3 Å². The Morgan fingerprint density at radius 3 is 2.42 bits per heavy atom. The van der Waals surface area contributed by atoms with Crippen LogP contribution in [0.5, 0.6) is 0 Å². The predicted molar refractivity (Wildman–Crippen MR) is 86.6 cm³/mol. The summed E-state index contributed by atoms with van der Waals surface area (Å²) in [6, 6.07) is 12.9. The number of alkyl halides is 3. The number of rotatable bonds is 3. The molecule has 3 aromatic rings. The van der Waals surface area contributed by atoms with Gasteiger partial charge in [-0.1, -0.05) is 6.07 Å². The van der Waals surface area contributed by atoms with Crippen LogP contribution in [0.4, 0.5) is 30.4 Å². The molecule has 2 aromatic heterocycles. The predicted octanol–water partition coefficient (Wildman–Crippen LogP) is 4.49. The van der Waals surface area contributed by atoms with E-state index in [4.69, 9.17) is 5.73 Å². The molecule has 3 N–H and O–H groups in total. The van der Waals surface area contributed by atoms with Gasteiger partial charge in [-0.25, -0.2) is 4.98 Å². The zero-order valence-electron chi connectivity index (χ0n) is 12.4. The maximum absolute atomic E-state index is 12.6. The average molecular weight is 330 g/mol. The third kappa shape index (κ3) is 3.45. The van der Waals surface area contributed by atoms with Gasteiger partial charge in [-0.3, -0.25) is 4.98 Å². The Bertz CT molecular complexity index is 831. The second-order valence-corrected chi connectivity index (χ2v) is 5.07. The molecule has 7 heteroatoms. The number of nitrogen functional groups attached to an aromatic ring is 1. The SMILES string of the molecule is Nc1ccc(Nc2ccc(C(F)(F)F)cn2)c(-c2ccccn2)c1. The maximum Gasteiger partial charge on any atom is 0.417 e. The van der Waals surface area contributed by atoms with Crippen molar-refractivity contribution in [3.8, 4) is 11.3 Å². The second kappa shape index (κ2) is 6.19. The lowest BCUT2D eigenvalue weighted by Crippen LogP contribution is -2.06. The molecule has 0 amide bonds. The van der Waals surface area contributed by atoms with Crippen molar-refractivity contribution in [2.75, 3.05) is 11.1 Å². The summed E-state index contributed by atoms with van der Waals surface area (Å²) in [6.45, 7) is 0. The van der Waals surface area contributed by atoms with Gasteiger partial charge in [-0.2, -0.15) is 13.2 Å². The van der Waals surface area contributed by atoms with Crippen LogP contribution in [0.3, 0.4) is 0 Å². The highest BCUT2D eigenvalue weighted by Gasteiger charge is 2.30. The average Bonchev–Trinajstić information content (AvgIpc) is 2.57. The van der Waals surface area contributed by atoms with Gasteiger partial charge in [-0.15, -0.1) is 0 Å². The highest BCUT2D eigenvalue weighted by Crippen LogP contribution is 2.32. The van der Waals surface area contributed by atoms with Crippen molar-refractivity contribution in [1.29, 1.82) is 0 Å². The molecule has 1 aromatic carbocycles. The molecular formula is C17H13F3N4. The number of nitrogens with one attached hydrogen (secondary N) is 1. The van der Waals surface area contributed by atoms with Gasteiger partial charge in [-0.05, 0) is 42.5 Å². The third-order valence-electron chi connectivity index (χ3n) is 3.34. The highest BCUT2D eigenvalue weighted by atomic mass is 19.4. The van der Waals surface area contributed by atoms with Crippen LogP contribution >= 0.6 is 0 Å². The van der Waals surface area contributed by atoms with Crippen LogP contribution in [0.25, 0.3) is 11.3 Å². The zero-order chi connectivity index (χ0) is 17.2. The van der Waals surface area contributed by atoms with Gasteiger partial charge in [0.2, 0.25) is 0 Å². The van der Waals surface area contributed by atoms with Crippen molar-refractivity contribution >= 4 is 17.2 Å². The number of aromatic nitrogens is 2. The maximum atomic E-state index is 12.6. The van der Waals surface area contributed by atoms with E-state index < -0.39 is 11.7 Å². The molecule has 122 valence electrons. The van der Waals surface area contributed by atoms with Crippen molar-refractivity contribution in [3.63, 3.8) is 0 Å². The number of halogens is 3. The van der Waals surface area contributed by atoms with Crippen LogP contribution in [0.15, 0.2) is 60.9 Å². The van der Waals surface area contributed by atoms with E-state index in [1.165, 1.54) is 6.07 Å². The van der Waals surface area contributed by atoms with Crippen molar-refractivity contribution in [3.05, 3.63) is 66.5 Å². The molecule has 4 nitrogen and oxygen atoms in total. The molecule has 0 atom stereocenters. The van der Waals surface area contributed by atoms with E-state index in [9.17, 15) is 13.2 Å². The molecule has 0 saturated carbocycles. The van der Waals surface area contributed by atoms with Gasteiger partial charge in [0.25, 0.3) is 0 Å². The summed E-state index contributed by atoms with van der Waals surface area (Å²) >= 11 is 0. The van der Waals surface area contributed by atoms with Crippen LogP contribution in [-0.4, -0.2) is 9.97 Å². The molecule has 0 aliphatic carbocycles. The van der Waals surface area contributed by atoms with Crippen LogP contribution in [0.2, 0.25) is 0 Å². The van der Waals surface area contributed by atoms with Gasteiger partial charge < -0.3 is 11.1 Å². The van der Waals surface area contributed by atoms with Crippen LogP contribution in [-0.2, 0) is 6.18 Å². The van der Waals surface area contributed by atoms with E-state index in [0.29, 0.717) is 22.9 Å². The number of hydrogen-bond donors (Lipinski definition) is 2. The topological polar surface area (TPSA) is 63.8 Å². The first-order chi connectivity index (χ1) is 11.4. The third-order valence-corrected chi connectivity index (χ3v) is 3.34. The minimum absolute atomic E-state index is 0.296. The van der Waals surface area contributed by atoms with E-state index >= 15 is 0 Å². The lowest BCUT2D eigenvalue weighted by molar-refractivity contribution is -0.137. The summed E-state index contributed by atoms with van der Waals surface area (Å²) in [6.07, 6.45) is -1.97. The minimum Gasteiger partial charge on any atom is -0.399 e. The number of hydrogen-bond acceptors (Lipinski definition) is 4. The monoisotopic (exact) mass is 330 g/mol. The normalized spacial score (nSPS) is 11.3. The molecule has 0 aliphatic rings. The van der Waals surface area contributed by atoms with E-state index in [2.05, 4.69) is 15.3 Å². The van der Waals surface area contributed by atoms with Gasteiger partial charge in [0.15, 0.2) is 0 Å². The Morgan fingerprint density at radius 2 is 1.79 bits per heavy atom. The zero-order valence-corrected chi connectivity index (χ0v) is 12.4. The fourth-order valence-corrected chi connectivity index (χ4v) is 2.18. The largest absolute Gasteiger partial charge is 0.417 e. The molecule has 3 rings (SSSR count). The minimum atomic E-state index is -4.41. The van der Waals surface area contributed by atoms with Crippen LogP contribution in [0, 0.1) is 0 Å². The van der Waals surface area contributed by atoms with Crippen molar-refractivity contribution in [1.82, 2.24) is 9.97 Å². The molecule has 0 spiro atoms. The molecule has 0 aliphatic heterocycles. The standard InChI is InChI=1S/C17H13F3N4/c18-17(19,20)11-4-7-16(23-10-11)24-15-6-5-12(21)9-13(15)14-3-1-2-8-22-14/h1-10H,21H2,(H,23,24). The van der Waals surface area contributed by atoms with E-state index in [0.717, 1.165) is 17.8 Å². The van der Waals surface area contributed by atoms with E-state index in [-0.39, 0.29) is 0 Å². The molecular weight excluding hydrogens is 317 g/mol. The van der Waals surface area contributed by atoms with Crippen LogP contribution in [0.1, 0.15) is 5.56 Å². The van der Waals surface area contributed by atoms with Crippen molar-refractivity contribution in [2.24, 2.45) is 0 Å². The summed E-state index contributed by atoms with van der Waals surface area (Å²) in [5.41, 5.74) is 7.67. The van der Waals surface area contributed by atoms with Gasteiger partial charge in [0.1, 0.15) is 5.82 Å². The quantitative estimate of drug-likeness (QED) is 0.695. The molecule has 0 fully saturated rings. The molecule has 0 bridgehead atoms. The first-order valence-corrected chi connectivity index (χ1v) is 7.05. The van der Waals surface area contributed by atoms with Gasteiger partial charge >= 0.3 is 6.18 Å². The van der Waals surface area contributed by atoms with Crippen molar-refractivity contribution < 1.29 is 13.2 Å². The van der Waals surface area contributed by atoms with Crippen LogP contribution < -0.4 is 11.1 Å². The highest BCUT2D eigenvalue weighted by molar-refractivity contribution is 5.81. The molecule has 2 heterocycles. The Hall–Kier alpha value is -3.09. The Kier molecular flexibility index (Phi) is 4.07. The van der Waals surface area contributed by atoms with E-state index in [1.54, 1.807) is 30.5 Å². The number of anilines is 3. The Morgan fingerprint density at radius 1 is 0.958 bits per heavy atom. The Labute approximate surface area is 136 Å². The second-order valence-electron chi connectivity index (χ2n) is 5.07. The van der Waals surface area contributed by atoms with Gasteiger partial charge in [0.05, 0.1) is 11.3 Å². The fraction of sp³-hybridized carbons (Fsp3) is 0.0588. The van der Waals surface area contributed by atoms with Crippen molar-refractivity contribution in [2.45, 2.75) is 6.18 Å².